The molecule has 1 aromatic carbocycles. The van der Waals surface area contributed by atoms with Crippen molar-refractivity contribution in [2.75, 3.05) is 45.1 Å². The number of halogens is 1. The van der Waals surface area contributed by atoms with E-state index in [0.717, 1.165) is 16.8 Å². The number of anilines is 1. The van der Waals surface area contributed by atoms with Gasteiger partial charge in [-0.25, -0.2) is 23.8 Å². The van der Waals surface area contributed by atoms with E-state index in [1.54, 1.807) is 42.7 Å². The fourth-order valence-electron chi connectivity index (χ4n) is 5.64. The molecule has 0 bridgehead atoms. The Morgan fingerprint density at radius 1 is 0.898 bits per heavy atom. The van der Waals surface area contributed by atoms with Crippen LogP contribution in [-0.4, -0.2) is 101 Å². The molecule has 0 spiro atoms. The summed E-state index contributed by atoms with van der Waals surface area (Å²) in [5.41, 5.74) is 0.508. The highest BCUT2D eigenvalue weighted by molar-refractivity contribution is 5.83. The molecule has 1 saturated heterocycles. The zero-order valence-corrected chi connectivity index (χ0v) is 31.2. The largest absolute Gasteiger partial charge is 0.444 e. The van der Waals surface area contributed by atoms with Crippen LogP contribution in [0, 0.1) is 18.7 Å². The summed E-state index contributed by atoms with van der Waals surface area (Å²) in [7, 11) is 1.98. The maximum atomic E-state index is 13.9. The first-order valence-electron chi connectivity index (χ1n) is 16.9. The zero-order chi connectivity index (χ0) is 36.7. The van der Waals surface area contributed by atoms with Gasteiger partial charge in [0.25, 0.3) is 0 Å². The van der Waals surface area contributed by atoms with E-state index in [9.17, 15) is 18.8 Å². The van der Waals surface area contributed by atoms with Crippen molar-refractivity contribution >= 4 is 24.1 Å². The van der Waals surface area contributed by atoms with Crippen molar-refractivity contribution < 1.29 is 33.0 Å². The number of likely N-dealkylation sites (tertiary alicyclic amines) is 1. The number of aryl methyl sites for hydroxylation is 1. The van der Waals surface area contributed by atoms with Gasteiger partial charge in [0.05, 0.1) is 0 Å². The fourth-order valence-corrected chi connectivity index (χ4v) is 5.64. The van der Waals surface area contributed by atoms with Crippen molar-refractivity contribution in [3.8, 4) is 0 Å². The van der Waals surface area contributed by atoms with E-state index in [2.05, 4.69) is 10.2 Å². The van der Waals surface area contributed by atoms with Crippen molar-refractivity contribution in [2.45, 2.75) is 105 Å². The summed E-state index contributed by atoms with van der Waals surface area (Å²) >= 11 is 0. The quantitative estimate of drug-likeness (QED) is 0.265. The molecule has 2 atom stereocenters. The Hall–Kier alpha value is -3.93. The monoisotopic (exact) mass is 685 g/mol. The summed E-state index contributed by atoms with van der Waals surface area (Å²) in [6, 6.07) is 10.0. The first-order valence-corrected chi connectivity index (χ1v) is 16.9. The third-order valence-corrected chi connectivity index (χ3v) is 7.68. The summed E-state index contributed by atoms with van der Waals surface area (Å²) in [5, 5.41) is 2.74. The van der Waals surface area contributed by atoms with Crippen molar-refractivity contribution in [1.29, 1.82) is 0 Å². The van der Waals surface area contributed by atoms with Gasteiger partial charge in [-0.3, -0.25) is 10.2 Å². The van der Waals surface area contributed by atoms with Crippen LogP contribution in [0.25, 0.3) is 0 Å². The Kier molecular flexibility index (Phi) is 13.0. The number of amides is 3. The molecule has 1 aliphatic heterocycles. The predicted octanol–water partition coefficient (Wildman–Crippen LogP) is 7.07. The minimum Gasteiger partial charge on any atom is -0.444 e. The molecule has 2 unspecified atom stereocenters. The van der Waals surface area contributed by atoms with E-state index >= 15 is 0 Å². The van der Waals surface area contributed by atoms with Crippen LogP contribution in [0.3, 0.4) is 0 Å². The van der Waals surface area contributed by atoms with Gasteiger partial charge in [-0.2, -0.15) is 0 Å². The summed E-state index contributed by atoms with van der Waals surface area (Å²) in [5.74, 6) is 0.0459. The second-order valence-electron chi connectivity index (χ2n) is 15.9. The number of carbonyl (C=O) groups excluding carboxylic acids is 3. The van der Waals surface area contributed by atoms with E-state index in [1.165, 1.54) is 12.1 Å². The summed E-state index contributed by atoms with van der Waals surface area (Å²) in [6.07, 6.45) is -0.405. The Bertz CT molecular complexity index is 1450. The van der Waals surface area contributed by atoms with Crippen molar-refractivity contribution in [3.05, 3.63) is 59.0 Å². The van der Waals surface area contributed by atoms with Crippen molar-refractivity contribution in [1.82, 2.24) is 19.7 Å². The highest BCUT2D eigenvalue weighted by Gasteiger charge is 2.39. The summed E-state index contributed by atoms with van der Waals surface area (Å²) in [4.78, 5) is 49.2. The molecular weight excluding hydrogens is 629 g/mol. The number of benzene rings is 1. The lowest BCUT2D eigenvalue weighted by Crippen LogP contribution is -2.46. The van der Waals surface area contributed by atoms with Crippen LogP contribution in [-0.2, 0) is 27.1 Å². The zero-order valence-electron chi connectivity index (χ0n) is 31.2. The number of nitrogens with one attached hydrogen (secondary N) is 1. The molecule has 49 heavy (non-hydrogen) atoms. The third kappa shape index (κ3) is 13.8. The lowest BCUT2D eigenvalue weighted by molar-refractivity contribution is 0.0227. The average molecular weight is 686 g/mol. The van der Waals surface area contributed by atoms with Crippen LogP contribution in [0.15, 0.2) is 36.4 Å². The minimum absolute atomic E-state index is 0.0246. The molecule has 11 nitrogen and oxygen atoms in total. The molecule has 2 aromatic rings. The van der Waals surface area contributed by atoms with Gasteiger partial charge in [-0.15, -0.1) is 0 Å². The van der Waals surface area contributed by atoms with E-state index < -0.39 is 29.0 Å². The molecule has 12 heteroatoms. The Morgan fingerprint density at radius 3 is 2.16 bits per heavy atom. The van der Waals surface area contributed by atoms with Gasteiger partial charge in [0, 0.05) is 44.5 Å². The smallest absolute Gasteiger partial charge is 0.413 e. The van der Waals surface area contributed by atoms with Gasteiger partial charge >= 0.3 is 18.3 Å². The van der Waals surface area contributed by atoms with Gasteiger partial charge in [-0.05, 0) is 130 Å². The fraction of sp³-hybridized carbons (Fsp3) is 0.622. The SMILES string of the molecule is Cc1cc(CC2CN(C(=O)OC(C)(C)C)CC2N(C)CCN(CCc2cccc(F)c2)C(=O)OC(C)(C)C)nc(NC(=O)OC(C)(C)C)c1. The van der Waals surface area contributed by atoms with Crippen LogP contribution < -0.4 is 5.32 Å². The first kappa shape index (κ1) is 39.5. The van der Waals surface area contributed by atoms with Gasteiger partial charge in [-0.1, -0.05) is 12.1 Å². The third-order valence-electron chi connectivity index (χ3n) is 7.68. The number of rotatable bonds is 10. The number of pyridine rings is 1. The van der Waals surface area contributed by atoms with Gasteiger partial charge in [0.1, 0.15) is 28.4 Å². The molecule has 272 valence electrons. The van der Waals surface area contributed by atoms with Crippen LogP contribution in [0.5, 0.6) is 0 Å². The van der Waals surface area contributed by atoms with Crippen molar-refractivity contribution in [2.24, 2.45) is 5.92 Å². The Balaban J connectivity index is 1.80. The molecule has 1 aliphatic rings. The number of likely N-dealkylation sites (N-methyl/N-ethyl adjacent to an activating group) is 1. The number of carbonyl (C=O) groups is 3. The lowest BCUT2D eigenvalue weighted by atomic mass is 9.96. The highest BCUT2D eigenvalue weighted by atomic mass is 19.1. The minimum atomic E-state index is -0.678. The maximum absolute atomic E-state index is 13.9. The molecule has 0 aliphatic carbocycles. The van der Waals surface area contributed by atoms with Crippen molar-refractivity contribution in [3.63, 3.8) is 0 Å². The topological polar surface area (TPSA) is 114 Å². The van der Waals surface area contributed by atoms with E-state index in [0.29, 0.717) is 51.4 Å². The second kappa shape index (κ2) is 16.2. The van der Waals surface area contributed by atoms with E-state index in [1.807, 2.05) is 67.6 Å². The Morgan fingerprint density at radius 2 is 1.55 bits per heavy atom. The highest BCUT2D eigenvalue weighted by Crippen LogP contribution is 2.27. The molecule has 1 fully saturated rings. The first-order chi connectivity index (χ1) is 22.6. The molecule has 1 N–H and O–H groups in total. The molecule has 3 rings (SSSR count). The predicted molar refractivity (Wildman–Crippen MR) is 188 cm³/mol. The average Bonchev–Trinajstić information content (AvgIpc) is 3.33. The molecular formula is C37H56FN5O6. The summed E-state index contributed by atoms with van der Waals surface area (Å²) < 4.78 is 30.7. The van der Waals surface area contributed by atoms with Gasteiger partial charge < -0.3 is 24.0 Å². The number of hydrogen-bond acceptors (Lipinski definition) is 8. The number of ether oxygens (including phenoxy) is 3. The van der Waals surface area contributed by atoms with Crippen LogP contribution in [0.2, 0.25) is 0 Å². The van der Waals surface area contributed by atoms with Gasteiger partial charge in [0.2, 0.25) is 0 Å². The van der Waals surface area contributed by atoms with E-state index in [-0.39, 0.29) is 23.9 Å². The number of nitrogens with zero attached hydrogens (tertiary/aromatic N) is 4. The summed E-state index contributed by atoms with van der Waals surface area (Å²) in [6.45, 7) is 20.4. The van der Waals surface area contributed by atoms with E-state index in [4.69, 9.17) is 19.2 Å². The van der Waals surface area contributed by atoms with Crippen LogP contribution >= 0.6 is 0 Å². The molecule has 1 aromatic heterocycles. The molecule has 3 amide bonds. The molecule has 0 radical (unpaired) electrons. The maximum Gasteiger partial charge on any atom is 0.413 e. The Labute approximate surface area is 291 Å². The lowest BCUT2D eigenvalue weighted by Gasteiger charge is -2.32. The number of hydrogen-bond donors (Lipinski definition) is 1. The van der Waals surface area contributed by atoms with Crippen LogP contribution in [0.1, 0.15) is 79.1 Å². The molecule has 2 heterocycles. The standard InChI is InChI=1S/C37H56FN5O6/c1-25-19-29(39-31(20-25)40-32(44)47-35(2,3)4)22-27-23-43(34(46)49-37(8,9)10)24-30(27)41(11)17-18-42(33(45)48-36(5,6)7)16-15-26-13-12-14-28(38)21-26/h12-14,19-21,27,30H,15-18,22-24H2,1-11H3,(H,39,40,44). The van der Waals surface area contributed by atoms with Crippen LogP contribution in [0.4, 0.5) is 24.6 Å². The number of aromatic nitrogens is 1. The second-order valence-corrected chi connectivity index (χ2v) is 15.9. The van der Waals surface area contributed by atoms with Gasteiger partial charge in [0.15, 0.2) is 0 Å². The molecule has 0 saturated carbocycles. The normalized spacial score (nSPS) is 16.8.